The van der Waals surface area contributed by atoms with Crippen LogP contribution >= 0.6 is 15.9 Å². The second kappa shape index (κ2) is 7.01. The summed E-state index contributed by atoms with van der Waals surface area (Å²) in [5.74, 6) is -0.352. The first-order valence-corrected chi connectivity index (χ1v) is 7.82. The third-order valence-corrected chi connectivity index (χ3v) is 4.80. The lowest BCUT2D eigenvalue weighted by molar-refractivity contribution is -0.182. The number of halogens is 4. The van der Waals surface area contributed by atoms with E-state index in [1.807, 2.05) is 18.2 Å². The first-order valence-electron chi connectivity index (χ1n) is 7.02. The number of ether oxygens (including phenoxy) is 1. The molecule has 1 fully saturated rings. The number of benzene rings is 1. The van der Waals surface area contributed by atoms with Crippen LogP contribution in [0.4, 0.5) is 13.2 Å². The number of methoxy groups -OCH3 is 1. The van der Waals surface area contributed by atoms with Crippen LogP contribution in [0.15, 0.2) is 22.7 Å². The van der Waals surface area contributed by atoms with Gasteiger partial charge >= 0.3 is 6.18 Å². The summed E-state index contributed by atoms with van der Waals surface area (Å²) in [6.45, 7) is 0.624. The molecule has 0 heterocycles. The molecule has 21 heavy (non-hydrogen) atoms. The second-order valence-electron chi connectivity index (χ2n) is 5.43. The minimum Gasteiger partial charge on any atom is -0.497 e. The maximum Gasteiger partial charge on any atom is 0.391 e. The van der Waals surface area contributed by atoms with Gasteiger partial charge in [-0.05, 0) is 49.4 Å². The molecule has 0 aliphatic heterocycles. The van der Waals surface area contributed by atoms with E-state index in [0.717, 1.165) is 15.8 Å². The summed E-state index contributed by atoms with van der Waals surface area (Å²) in [5.41, 5.74) is 1.05. The molecule has 2 nitrogen and oxygen atoms in total. The van der Waals surface area contributed by atoms with E-state index in [1.54, 1.807) is 7.11 Å². The number of alkyl halides is 3. The Labute approximate surface area is 131 Å². The van der Waals surface area contributed by atoms with Crippen LogP contribution in [-0.4, -0.2) is 19.3 Å². The zero-order valence-electron chi connectivity index (χ0n) is 11.8. The Morgan fingerprint density at radius 2 is 1.90 bits per heavy atom. The van der Waals surface area contributed by atoms with Crippen molar-refractivity contribution in [3.05, 3.63) is 28.2 Å². The predicted octanol–water partition coefficient (Wildman–Crippen LogP) is 4.67. The van der Waals surface area contributed by atoms with E-state index in [4.69, 9.17) is 4.74 Å². The highest BCUT2D eigenvalue weighted by molar-refractivity contribution is 9.10. The van der Waals surface area contributed by atoms with Crippen molar-refractivity contribution in [1.82, 2.24) is 5.32 Å². The Balaban J connectivity index is 1.85. The van der Waals surface area contributed by atoms with Gasteiger partial charge in [-0.3, -0.25) is 0 Å². The predicted molar refractivity (Wildman–Crippen MR) is 79.3 cm³/mol. The Morgan fingerprint density at radius 1 is 1.24 bits per heavy atom. The minimum absolute atomic E-state index is 0.154. The van der Waals surface area contributed by atoms with E-state index >= 15 is 0 Å². The van der Waals surface area contributed by atoms with Crippen molar-refractivity contribution in [2.45, 2.75) is 44.4 Å². The molecule has 0 aromatic heterocycles. The first kappa shape index (κ1) is 16.6. The molecule has 2 rings (SSSR count). The van der Waals surface area contributed by atoms with Gasteiger partial charge in [0.2, 0.25) is 0 Å². The topological polar surface area (TPSA) is 21.3 Å². The third kappa shape index (κ3) is 4.61. The van der Waals surface area contributed by atoms with Crippen LogP contribution in [0.1, 0.15) is 31.2 Å². The quantitative estimate of drug-likeness (QED) is 0.836. The summed E-state index contributed by atoms with van der Waals surface area (Å²) < 4.78 is 44.0. The number of rotatable bonds is 4. The monoisotopic (exact) mass is 365 g/mol. The van der Waals surface area contributed by atoms with Crippen LogP contribution in [0.3, 0.4) is 0 Å². The van der Waals surface area contributed by atoms with E-state index in [1.165, 1.54) is 0 Å². The fraction of sp³-hybridized carbons (Fsp3) is 0.600. The molecular formula is C15H19BrF3NO. The molecule has 1 aromatic rings. The zero-order chi connectivity index (χ0) is 15.5. The van der Waals surface area contributed by atoms with Gasteiger partial charge in [0, 0.05) is 17.1 Å². The number of hydrogen-bond acceptors (Lipinski definition) is 2. The summed E-state index contributed by atoms with van der Waals surface area (Å²) in [6, 6.07) is 5.86. The van der Waals surface area contributed by atoms with Crippen LogP contribution in [0.5, 0.6) is 5.75 Å². The standard InChI is InChI=1S/C15H19BrF3NO/c1-21-13-6-7-14(16)10(8-13)9-20-12-4-2-11(3-5-12)15(17,18)19/h6-8,11-12,20H,2-5,9H2,1H3. The average Bonchev–Trinajstić information content (AvgIpc) is 2.46. The van der Waals surface area contributed by atoms with Gasteiger partial charge in [0.05, 0.1) is 13.0 Å². The molecule has 0 amide bonds. The second-order valence-corrected chi connectivity index (χ2v) is 6.28. The number of hydrogen-bond donors (Lipinski definition) is 1. The van der Waals surface area contributed by atoms with Crippen LogP contribution in [0, 0.1) is 5.92 Å². The zero-order valence-corrected chi connectivity index (χ0v) is 13.4. The third-order valence-electron chi connectivity index (χ3n) is 4.02. The minimum atomic E-state index is -4.04. The smallest absolute Gasteiger partial charge is 0.391 e. The Bertz CT molecular complexity index is 470. The first-order chi connectivity index (χ1) is 9.90. The highest BCUT2D eigenvalue weighted by Gasteiger charge is 2.41. The summed E-state index contributed by atoms with van der Waals surface area (Å²) in [6.07, 6.45) is -2.45. The fourth-order valence-corrected chi connectivity index (χ4v) is 3.08. The van der Waals surface area contributed by atoms with Gasteiger partial charge in [0.25, 0.3) is 0 Å². The van der Waals surface area contributed by atoms with E-state index in [-0.39, 0.29) is 18.9 Å². The van der Waals surface area contributed by atoms with E-state index in [9.17, 15) is 13.2 Å². The van der Waals surface area contributed by atoms with Gasteiger partial charge in [-0.25, -0.2) is 0 Å². The van der Waals surface area contributed by atoms with Crippen LogP contribution in [0.2, 0.25) is 0 Å². The van der Waals surface area contributed by atoms with Crippen molar-refractivity contribution < 1.29 is 17.9 Å². The van der Waals surface area contributed by atoms with Crippen molar-refractivity contribution in [3.63, 3.8) is 0 Å². The van der Waals surface area contributed by atoms with Gasteiger partial charge in [-0.15, -0.1) is 0 Å². The van der Waals surface area contributed by atoms with Crippen molar-refractivity contribution in [1.29, 1.82) is 0 Å². The molecular weight excluding hydrogens is 347 g/mol. The van der Waals surface area contributed by atoms with Gasteiger partial charge in [-0.2, -0.15) is 13.2 Å². The lowest BCUT2D eigenvalue weighted by Crippen LogP contribution is -2.36. The molecule has 1 aliphatic carbocycles. The van der Waals surface area contributed by atoms with Crippen molar-refractivity contribution in [3.8, 4) is 5.75 Å². The molecule has 0 unspecified atom stereocenters. The summed E-state index contributed by atoms with van der Waals surface area (Å²) in [4.78, 5) is 0. The van der Waals surface area contributed by atoms with Gasteiger partial charge < -0.3 is 10.1 Å². The van der Waals surface area contributed by atoms with Crippen LogP contribution in [0.25, 0.3) is 0 Å². The van der Waals surface area contributed by atoms with Crippen molar-refractivity contribution in [2.75, 3.05) is 7.11 Å². The Kier molecular flexibility index (Phi) is 5.54. The molecule has 1 N–H and O–H groups in total. The maximum absolute atomic E-state index is 12.6. The lowest BCUT2D eigenvalue weighted by Gasteiger charge is -2.30. The van der Waals surface area contributed by atoms with E-state index in [2.05, 4.69) is 21.2 Å². The Morgan fingerprint density at radius 3 is 2.48 bits per heavy atom. The lowest BCUT2D eigenvalue weighted by atomic mass is 9.85. The molecule has 0 radical (unpaired) electrons. The number of nitrogens with one attached hydrogen (secondary N) is 1. The molecule has 6 heteroatoms. The highest BCUT2D eigenvalue weighted by Crippen LogP contribution is 2.37. The van der Waals surface area contributed by atoms with Gasteiger partial charge in [0.1, 0.15) is 5.75 Å². The molecule has 118 valence electrons. The summed E-state index contributed by atoms with van der Waals surface area (Å²) in [7, 11) is 1.61. The summed E-state index contributed by atoms with van der Waals surface area (Å²) in [5, 5.41) is 3.35. The van der Waals surface area contributed by atoms with Gasteiger partial charge in [-0.1, -0.05) is 15.9 Å². The maximum atomic E-state index is 12.6. The molecule has 0 saturated heterocycles. The molecule has 1 aromatic carbocycles. The molecule has 0 spiro atoms. The Hall–Kier alpha value is -0.750. The summed E-state index contributed by atoms with van der Waals surface area (Å²) >= 11 is 3.48. The molecule has 1 saturated carbocycles. The SMILES string of the molecule is COc1ccc(Br)c(CNC2CCC(C(F)(F)F)CC2)c1. The van der Waals surface area contributed by atoms with Crippen LogP contribution < -0.4 is 10.1 Å². The normalized spacial score (nSPS) is 23.1. The van der Waals surface area contributed by atoms with E-state index in [0.29, 0.717) is 19.4 Å². The highest BCUT2D eigenvalue weighted by atomic mass is 79.9. The van der Waals surface area contributed by atoms with Crippen molar-refractivity contribution >= 4 is 15.9 Å². The fourth-order valence-electron chi connectivity index (χ4n) is 2.69. The van der Waals surface area contributed by atoms with Crippen LogP contribution in [-0.2, 0) is 6.54 Å². The molecule has 0 atom stereocenters. The van der Waals surface area contributed by atoms with Crippen molar-refractivity contribution in [2.24, 2.45) is 5.92 Å². The van der Waals surface area contributed by atoms with E-state index < -0.39 is 12.1 Å². The van der Waals surface area contributed by atoms with Gasteiger partial charge in [0.15, 0.2) is 0 Å². The average molecular weight is 366 g/mol. The molecule has 0 bridgehead atoms. The molecule has 1 aliphatic rings. The largest absolute Gasteiger partial charge is 0.497 e.